The van der Waals surface area contributed by atoms with E-state index in [2.05, 4.69) is 29.6 Å². The summed E-state index contributed by atoms with van der Waals surface area (Å²) in [4.78, 5) is 12.2. The number of hydrogen-bond donors (Lipinski definition) is 2. The SMILES string of the molecule is Nc1cc(Cl)c(C=CCCNC(=O)OCC2c3ccccc3-c3ccccc32)cc1F. The Balaban J connectivity index is 1.28. The zero-order valence-corrected chi connectivity index (χ0v) is 17.5. The Kier molecular flexibility index (Phi) is 6.23. The lowest BCUT2D eigenvalue weighted by Crippen LogP contribution is -2.26. The number of benzene rings is 3. The minimum atomic E-state index is -0.513. The Labute approximate surface area is 185 Å². The number of anilines is 1. The summed E-state index contributed by atoms with van der Waals surface area (Å²) in [7, 11) is 0. The van der Waals surface area contributed by atoms with Gasteiger partial charge in [-0.3, -0.25) is 0 Å². The Morgan fingerprint density at radius 1 is 1.10 bits per heavy atom. The van der Waals surface area contributed by atoms with E-state index in [-0.39, 0.29) is 18.2 Å². The summed E-state index contributed by atoms with van der Waals surface area (Å²) in [6.45, 7) is 0.665. The van der Waals surface area contributed by atoms with Crippen molar-refractivity contribution in [1.29, 1.82) is 0 Å². The summed E-state index contributed by atoms with van der Waals surface area (Å²) >= 11 is 6.05. The zero-order chi connectivity index (χ0) is 21.8. The molecule has 1 aliphatic carbocycles. The van der Waals surface area contributed by atoms with Crippen LogP contribution in [0.25, 0.3) is 17.2 Å². The molecule has 1 amide bonds. The Morgan fingerprint density at radius 2 is 1.74 bits per heavy atom. The van der Waals surface area contributed by atoms with Gasteiger partial charge in [-0.05, 0) is 46.4 Å². The van der Waals surface area contributed by atoms with Crippen molar-refractivity contribution in [3.05, 3.63) is 94.3 Å². The minimum absolute atomic E-state index is 0.0130. The first-order valence-corrected chi connectivity index (χ1v) is 10.4. The predicted molar refractivity (Wildman–Crippen MR) is 123 cm³/mol. The highest BCUT2D eigenvalue weighted by Crippen LogP contribution is 2.44. The summed E-state index contributed by atoms with van der Waals surface area (Å²) < 4.78 is 19.0. The second-order valence-electron chi connectivity index (χ2n) is 7.34. The molecule has 0 spiro atoms. The number of nitrogens with two attached hydrogens (primary N) is 1. The molecule has 0 bridgehead atoms. The lowest BCUT2D eigenvalue weighted by atomic mass is 9.98. The van der Waals surface area contributed by atoms with E-state index in [1.807, 2.05) is 24.3 Å². The zero-order valence-electron chi connectivity index (χ0n) is 16.8. The molecule has 3 aromatic rings. The number of ether oxygens (including phenoxy) is 1. The van der Waals surface area contributed by atoms with Gasteiger partial charge in [-0.2, -0.15) is 0 Å². The number of amides is 1. The van der Waals surface area contributed by atoms with Gasteiger partial charge < -0.3 is 15.8 Å². The predicted octanol–water partition coefficient (Wildman–Crippen LogP) is 6.00. The number of hydrogen-bond acceptors (Lipinski definition) is 3. The van der Waals surface area contributed by atoms with E-state index in [0.717, 1.165) is 0 Å². The van der Waals surface area contributed by atoms with Crippen LogP contribution in [0, 0.1) is 5.82 Å². The highest BCUT2D eigenvalue weighted by molar-refractivity contribution is 6.32. The molecule has 6 heteroatoms. The van der Waals surface area contributed by atoms with Crippen LogP contribution in [0.5, 0.6) is 0 Å². The highest BCUT2D eigenvalue weighted by Gasteiger charge is 2.28. The molecular formula is C25H22ClFN2O2. The molecule has 158 valence electrons. The number of carbonyl (C=O) groups is 1. The van der Waals surface area contributed by atoms with Crippen LogP contribution in [-0.2, 0) is 4.74 Å². The molecule has 0 unspecified atom stereocenters. The van der Waals surface area contributed by atoms with Gasteiger partial charge in [-0.25, -0.2) is 9.18 Å². The van der Waals surface area contributed by atoms with Crippen LogP contribution in [0.2, 0.25) is 5.02 Å². The average molecular weight is 437 g/mol. The van der Waals surface area contributed by atoms with Crippen molar-refractivity contribution >= 4 is 29.5 Å². The van der Waals surface area contributed by atoms with Gasteiger partial charge in [0.2, 0.25) is 0 Å². The smallest absolute Gasteiger partial charge is 0.407 e. The quantitative estimate of drug-likeness (QED) is 0.367. The van der Waals surface area contributed by atoms with Crippen molar-refractivity contribution in [3.63, 3.8) is 0 Å². The monoisotopic (exact) mass is 436 g/mol. The second-order valence-corrected chi connectivity index (χ2v) is 7.75. The summed E-state index contributed by atoms with van der Waals surface area (Å²) in [6, 6.07) is 19.1. The van der Waals surface area contributed by atoms with E-state index in [1.165, 1.54) is 34.4 Å². The van der Waals surface area contributed by atoms with Crippen LogP contribution in [0.3, 0.4) is 0 Å². The Hall–Kier alpha value is -3.31. The van der Waals surface area contributed by atoms with Crippen molar-refractivity contribution in [3.8, 4) is 11.1 Å². The molecule has 4 rings (SSSR count). The average Bonchev–Trinajstić information content (AvgIpc) is 3.09. The fraction of sp³-hybridized carbons (Fsp3) is 0.160. The van der Waals surface area contributed by atoms with E-state index in [1.54, 1.807) is 12.2 Å². The molecule has 4 nitrogen and oxygen atoms in total. The molecule has 0 fully saturated rings. The Morgan fingerprint density at radius 3 is 2.42 bits per heavy atom. The summed E-state index contributed by atoms with van der Waals surface area (Å²) in [5.41, 5.74) is 10.8. The number of halogens is 2. The van der Waals surface area contributed by atoms with Crippen LogP contribution < -0.4 is 11.1 Å². The summed E-state index contributed by atoms with van der Waals surface area (Å²) in [5, 5.41) is 3.11. The van der Waals surface area contributed by atoms with Gasteiger partial charge in [0, 0.05) is 12.5 Å². The van der Waals surface area contributed by atoms with Gasteiger partial charge in [0.05, 0.1) is 10.7 Å². The van der Waals surface area contributed by atoms with E-state index in [9.17, 15) is 9.18 Å². The Bertz CT molecular complexity index is 1100. The largest absolute Gasteiger partial charge is 0.449 e. The third-order valence-electron chi connectivity index (χ3n) is 5.34. The topological polar surface area (TPSA) is 64.3 Å². The van der Waals surface area contributed by atoms with E-state index < -0.39 is 11.9 Å². The second kappa shape index (κ2) is 9.23. The fourth-order valence-corrected chi connectivity index (χ4v) is 4.06. The van der Waals surface area contributed by atoms with Crippen molar-refractivity contribution in [1.82, 2.24) is 5.32 Å². The molecule has 0 atom stereocenters. The molecule has 0 aliphatic heterocycles. The van der Waals surface area contributed by atoms with Crippen molar-refractivity contribution < 1.29 is 13.9 Å². The van der Waals surface area contributed by atoms with Crippen LogP contribution in [-0.4, -0.2) is 19.2 Å². The van der Waals surface area contributed by atoms with Gasteiger partial charge in [-0.15, -0.1) is 0 Å². The number of nitrogens with one attached hydrogen (secondary N) is 1. The first-order chi connectivity index (χ1) is 15.0. The van der Waals surface area contributed by atoms with E-state index >= 15 is 0 Å². The van der Waals surface area contributed by atoms with Crippen molar-refractivity contribution in [2.75, 3.05) is 18.9 Å². The molecule has 0 aromatic heterocycles. The first-order valence-electron chi connectivity index (χ1n) is 10.0. The molecule has 0 saturated carbocycles. The lowest BCUT2D eigenvalue weighted by molar-refractivity contribution is 0.143. The maximum Gasteiger partial charge on any atom is 0.407 e. The van der Waals surface area contributed by atoms with Gasteiger partial charge in [0.15, 0.2) is 0 Å². The van der Waals surface area contributed by atoms with Crippen LogP contribution in [0.15, 0.2) is 66.7 Å². The number of alkyl carbamates (subject to hydrolysis) is 1. The third kappa shape index (κ3) is 4.57. The number of nitrogen functional groups attached to an aromatic ring is 1. The number of rotatable bonds is 6. The highest BCUT2D eigenvalue weighted by atomic mass is 35.5. The maximum atomic E-state index is 13.5. The van der Waals surface area contributed by atoms with Gasteiger partial charge >= 0.3 is 6.09 Å². The third-order valence-corrected chi connectivity index (χ3v) is 5.66. The van der Waals surface area contributed by atoms with Crippen LogP contribution >= 0.6 is 11.6 Å². The molecule has 3 aromatic carbocycles. The standard InChI is InChI=1S/C25H22ClFN2O2/c26-22-14-24(28)23(27)13-16(22)7-5-6-12-29-25(30)31-15-21-19-10-3-1-8-17(19)18-9-2-4-11-20(18)21/h1-5,7-11,13-14,21H,6,12,15,28H2,(H,29,30). The normalized spacial score (nSPS) is 12.6. The number of carbonyl (C=O) groups excluding carboxylic acids is 1. The first kappa shape index (κ1) is 20.9. The van der Waals surface area contributed by atoms with Gasteiger partial charge in [0.1, 0.15) is 12.4 Å². The molecule has 0 radical (unpaired) electrons. The maximum absolute atomic E-state index is 13.5. The molecule has 0 heterocycles. The molecule has 31 heavy (non-hydrogen) atoms. The fourth-order valence-electron chi connectivity index (χ4n) is 3.82. The van der Waals surface area contributed by atoms with Gasteiger partial charge in [0.25, 0.3) is 0 Å². The van der Waals surface area contributed by atoms with Crippen LogP contribution in [0.4, 0.5) is 14.9 Å². The van der Waals surface area contributed by atoms with Crippen molar-refractivity contribution in [2.45, 2.75) is 12.3 Å². The van der Waals surface area contributed by atoms with E-state index in [0.29, 0.717) is 23.6 Å². The number of fused-ring (bicyclic) bond motifs is 3. The molecular weight excluding hydrogens is 415 g/mol. The summed E-state index contributed by atoms with van der Waals surface area (Å²) in [6.07, 6.45) is 3.59. The molecule has 3 N–H and O–H groups in total. The summed E-state index contributed by atoms with van der Waals surface area (Å²) in [5.74, 6) is -0.485. The van der Waals surface area contributed by atoms with Gasteiger partial charge in [-0.1, -0.05) is 72.3 Å². The lowest BCUT2D eigenvalue weighted by Gasteiger charge is -2.14. The molecule has 0 saturated heterocycles. The van der Waals surface area contributed by atoms with Crippen molar-refractivity contribution in [2.24, 2.45) is 0 Å². The molecule has 1 aliphatic rings. The van der Waals surface area contributed by atoms with E-state index in [4.69, 9.17) is 22.1 Å². The van der Waals surface area contributed by atoms with Crippen LogP contribution in [0.1, 0.15) is 29.0 Å². The minimum Gasteiger partial charge on any atom is -0.449 e.